The molecule has 2 aliphatic rings. The molecule has 0 saturated carbocycles. The monoisotopic (exact) mass is 459 g/mol. The van der Waals surface area contributed by atoms with Crippen molar-refractivity contribution in [2.24, 2.45) is 5.92 Å². The zero-order chi connectivity index (χ0) is 23.0. The quantitative estimate of drug-likeness (QED) is 0.615. The number of benzene rings is 1. The molecule has 0 fully saturated rings. The zero-order valence-corrected chi connectivity index (χ0v) is 19.2. The van der Waals surface area contributed by atoms with Gasteiger partial charge >= 0.3 is 0 Å². The SMILES string of the molecule is COc1cc(OC)c2c(c1Cl)OC1(C(=O)C=C(NC(C)CCc3ccco3)CC1C)C2=O. The zero-order valence-electron chi connectivity index (χ0n) is 18.5. The van der Waals surface area contributed by atoms with Crippen LogP contribution in [-0.4, -0.2) is 37.4 Å². The summed E-state index contributed by atoms with van der Waals surface area (Å²) in [4.78, 5) is 26.8. The summed E-state index contributed by atoms with van der Waals surface area (Å²) in [6.07, 6.45) is 5.24. The lowest BCUT2D eigenvalue weighted by Crippen LogP contribution is -2.55. The number of ketones is 2. The van der Waals surface area contributed by atoms with Crippen molar-refractivity contribution >= 4 is 23.2 Å². The van der Waals surface area contributed by atoms with Crippen LogP contribution in [0, 0.1) is 5.92 Å². The average Bonchev–Trinajstić information content (AvgIpc) is 3.39. The van der Waals surface area contributed by atoms with Crippen LogP contribution >= 0.6 is 11.6 Å². The molecule has 1 aromatic heterocycles. The molecule has 0 radical (unpaired) electrons. The standard InChI is InChI=1S/C24H26ClNO6/c1-13-10-15(26-14(2)7-8-16-6-5-9-31-16)11-19(27)24(13)23(28)20-17(29-3)12-18(30-4)21(25)22(20)32-24/h5-6,9,11-14,26H,7-8,10H2,1-4H3. The molecule has 3 atom stereocenters. The van der Waals surface area contributed by atoms with Crippen LogP contribution in [0.15, 0.2) is 40.7 Å². The molecule has 8 heteroatoms. The lowest BCUT2D eigenvalue weighted by atomic mass is 9.74. The first-order chi connectivity index (χ1) is 15.3. The number of furan rings is 1. The third-order valence-corrected chi connectivity index (χ3v) is 6.50. The van der Waals surface area contributed by atoms with E-state index in [1.54, 1.807) is 6.26 Å². The van der Waals surface area contributed by atoms with E-state index in [1.807, 2.05) is 26.0 Å². The molecule has 1 aromatic carbocycles. The molecule has 2 heterocycles. The molecule has 4 rings (SSSR count). The second kappa shape index (κ2) is 8.54. The second-order valence-electron chi connectivity index (χ2n) is 8.27. The highest BCUT2D eigenvalue weighted by Gasteiger charge is 2.60. The van der Waals surface area contributed by atoms with Crippen LogP contribution in [0.3, 0.4) is 0 Å². The van der Waals surface area contributed by atoms with Crippen LogP contribution in [-0.2, 0) is 11.2 Å². The first-order valence-electron chi connectivity index (χ1n) is 10.5. The number of methoxy groups -OCH3 is 2. The van der Waals surface area contributed by atoms with Gasteiger partial charge in [0.05, 0.1) is 20.5 Å². The van der Waals surface area contributed by atoms with Gasteiger partial charge in [0, 0.05) is 36.2 Å². The molecule has 0 bridgehead atoms. The van der Waals surface area contributed by atoms with E-state index in [4.69, 9.17) is 30.2 Å². The number of allylic oxidation sites excluding steroid dienone is 1. The normalized spacial score (nSPS) is 22.9. The number of ether oxygens (including phenoxy) is 3. The van der Waals surface area contributed by atoms with E-state index >= 15 is 0 Å². The molecule has 1 spiro atoms. The first-order valence-corrected chi connectivity index (χ1v) is 10.9. The van der Waals surface area contributed by atoms with E-state index < -0.39 is 23.1 Å². The summed E-state index contributed by atoms with van der Waals surface area (Å²) in [5.74, 6) is 0.372. The molecule has 1 aliphatic carbocycles. The number of rotatable bonds is 7. The highest BCUT2D eigenvalue weighted by molar-refractivity contribution is 6.36. The molecule has 0 saturated heterocycles. The molecule has 1 aliphatic heterocycles. The highest BCUT2D eigenvalue weighted by atomic mass is 35.5. The number of nitrogens with one attached hydrogen (secondary N) is 1. The van der Waals surface area contributed by atoms with E-state index in [9.17, 15) is 9.59 Å². The van der Waals surface area contributed by atoms with E-state index in [0.29, 0.717) is 12.2 Å². The third kappa shape index (κ3) is 3.54. The first kappa shape index (κ1) is 22.3. The third-order valence-electron chi connectivity index (χ3n) is 6.15. The molecular weight excluding hydrogens is 434 g/mol. The molecule has 3 unspecified atom stereocenters. The Morgan fingerprint density at radius 3 is 2.66 bits per heavy atom. The van der Waals surface area contributed by atoms with Gasteiger partial charge in [-0.1, -0.05) is 18.5 Å². The summed E-state index contributed by atoms with van der Waals surface area (Å²) < 4.78 is 22.1. The Kier molecular flexibility index (Phi) is 5.95. The van der Waals surface area contributed by atoms with Crippen LogP contribution in [0.4, 0.5) is 0 Å². The number of halogens is 1. The van der Waals surface area contributed by atoms with Gasteiger partial charge in [-0.05, 0) is 31.9 Å². The number of carbonyl (C=O) groups excluding carboxylic acids is 2. The van der Waals surface area contributed by atoms with Crippen LogP contribution < -0.4 is 19.5 Å². The van der Waals surface area contributed by atoms with Crippen molar-refractivity contribution in [2.75, 3.05) is 14.2 Å². The molecular formula is C24H26ClNO6. The smallest absolute Gasteiger partial charge is 0.236 e. The summed E-state index contributed by atoms with van der Waals surface area (Å²) in [6.45, 7) is 3.88. The van der Waals surface area contributed by atoms with Gasteiger partial charge in [-0.2, -0.15) is 0 Å². The maximum absolute atomic E-state index is 13.5. The minimum absolute atomic E-state index is 0.122. The summed E-state index contributed by atoms with van der Waals surface area (Å²) in [5, 5.41) is 3.54. The van der Waals surface area contributed by atoms with Crippen LogP contribution in [0.5, 0.6) is 17.2 Å². The predicted octanol–water partition coefficient (Wildman–Crippen LogP) is 4.37. The van der Waals surface area contributed by atoms with E-state index in [1.165, 1.54) is 26.4 Å². The van der Waals surface area contributed by atoms with Crippen molar-refractivity contribution < 1.29 is 28.2 Å². The van der Waals surface area contributed by atoms with Crippen LogP contribution in [0.2, 0.25) is 5.02 Å². The van der Waals surface area contributed by atoms with Crippen molar-refractivity contribution in [1.82, 2.24) is 5.32 Å². The Hall–Kier alpha value is -2.93. The maximum atomic E-state index is 13.5. The molecule has 32 heavy (non-hydrogen) atoms. The Bertz CT molecular complexity index is 1080. The number of fused-ring (bicyclic) bond motifs is 1. The molecule has 170 valence electrons. The highest BCUT2D eigenvalue weighted by Crippen LogP contribution is 2.52. The lowest BCUT2D eigenvalue weighted by Gasteiger charge is -2.35. The fourth-order valence-electron chi connectivity index (χ4n) is 4.43. The van der Waals surface area contributed by atoms with E-state index in [2.05, 4.69) is 5.32 Å². The van der Waals surface area contributed by atoms with Gasteiger partial charge in [0.1, 0.15) is 27.8 Å². The minimum Gasteiger partial charge on any atom is -0.496 e. The Balaban J connectivity index is 1.57. The topological polar surface area (TPSA) is 87.0 Å². The summed E-state index contributed by atoms with van der Waals surface area (Å²) >= 11 is 6.42. The molecule has 1 N–H and O–H groups in total. The average molecular weight is 460 g/mol. The van der Waals surface area contributed by atoms with Gasteiger partial charge in [0.2, 0.25) is 17.2 Å². The Morgan fingerprint density at radius 1 is 1.28 bits per heavy atom. The maximum Gasteiger partial charge on any atom is 0.236 e. The number of hydrogen-bond acceptors (Lipinski definition) is 7. The van der Waals surface area contributed by atoms with Crippen molar-refractivity contribution in [1.29, 1.82) is 0 Å². The van der Waals surface area contributed by atoms with Gasteiger partial charge in [0.15, 0.2) is 5.75 Å². The second-order valence-corrected chi connectivity index (χ2v) is 8.65. The predicted molar refractivity (Wildman–Crippen MR) is 119 cm³/mol. The number of hydrogen-bond donors (Lipinski definition) is 1. The number of Topliss-reactive ketones (excluding diaryl/α,β-unsaturated/α-hetero) is 1. The fourth-order valence-corrected chi connectivity index (χ4v) is 4.70. The fraction of sp³-hybridized carbons (Fsp3) is 0.417. The van der Waals surface area contributed by atoms with E-state index in [-0.39, 0.29) is 28.1 Å². The Morgan fingerprint density at radius 2 is 2.03 bits per heavy atom. The van der Waals surface area contributed by atoms with Gasteiger partial charge < -0.3 is 23.9 Å². The number of aryl methyl sites for hydroxylation is 1. The summed E-state index contributed by atoms with van der Waals surface area (Å²) in [7, 11) is 2.90. The van der Waals surface area contributed by atoms with Gasteiger partial charge in [0.25, 0.3) is 0 Å². The summed E-state index contributed by atoms with van der Waals surface area (Å²) in [6, 6.07) is 5.46. The summed E-state index contributed by atoms with van der Waals surface area (Å²) in [5.41, 5.74) is -0.702. The van der Waals surface area contributed by atoms with Gasteiger partial charge in [-0.15, -0.1) is 0 Å². The van der Waals surface area contributed by atoms with Crippen molar-refractivity contribution in [2.45, 2.75) is 44.8 Å². The lowest BCUT2D eigenvalue weighted by molar-refractivity contribution is -0.129. The van der Waals surface area contributed by atoms with Crippen molar-refractivity contribution in [3.8, 4) is 17.2 Å². The molecule has 0 amide bonds. The molecule has 2 aromatic rings. The van der Waals surface area contributed by atoms with Crippen molar-refractivity contribution in [3.05, 3.63) is 52.6 Å². The molecule has 7 nitrogen and oxygen atoms in total. The minimum atomic E-state index is -1.66. The van der Waals surface area contributed by atoms with Crippen LogP contribution in [0.1, 0.15) is 42.8 Å². The van der Waals surface area contributed by atoms with E-state index in [0.717, 1.165) is 24.3 Å². The largest absolute Gasteiger partial charge is 0.496 e. The van der Waals surface area contributed by atoms with Gasteiger partial charge in [-0.3, -0.25) is 9.59 Å². The van der Waals surface area contributed by atoms with Gasteiger partial charge in [-0.25, -0.2) is 0 Å². The van der Waals surface area contributed by atoms with Crippen molar-refractivity contribution in [3.63, 3.8) is 0 Å². The Labute approximate surface area is 191 Å². The van der Waals surface area contributed by atoms with Crippen LogP contribution in [0.25, 0.3) is 0 Å². The number of carbonyl (C=O) groups is 2.